The molecule has 4 heterocycles. The number of alkyl halides is 2. The van der Waals surface area contributed by atoms with Gasteiger partial charge in [0.2, 0.25) is 0 Å². The Kier molecular flexibility index (Phi) is 7.82. The van der Waals surface area contributed by atoms with Gasteiger partial charge in [0, 0.05) is 64.7 Å². The average Bonchev–Trinajstić information content (AvgIpc) is 3.76. The van der Waals surface area contributed by atoms with E-state index in [-0.39, 0.29) is 41.6 Å². The third-order valence-corrected chi connectivity index (χ3v) is 11.2. The van der Waals surface area contributed by atoms with Crippen LogP contribution in [0.1, 0.15) is 61.0 Å². The van der Waals surface area contributed by atoms with Crippen LogP contribution in [0.25, 0.3) is 5.57 Å². The molecule has 2 aromatic heterocycles. The van der Waals surface area contributed by atoms with Gasteiger partial charge in [-0.15, -0.1) is 11.3 Å². The van der Waals surface area contributed by atoms with Gasteiger partial charge in [-0.2, -0.15) is 31.7 Å². The van der Waals surface area contributed by atoms with E-state index in [9.17, 15) is 26.7 Å². The van der Waals surface area contributed by atoms with Crippen LogP contribution in [0.15, 0.2) is 52.7 Å². The standard InChI is InChI=1S/C28H29ClF3N7O3S2/c29-20-11-16(30)3-4-19(20)25-23(21-5-7-39(35-21)28(31)32)22-12-17(13-38(22)26(34-25)27-33-6-8-43-27)36-44(41,42)37-24-14-1-2-15(24)10-18(40)9-14/h3-8,11,14-15,17-18,24-25,28,36-37,40H,1-2,9-10,12-13H2/t14?,15?,17?,18?,24?,25-/m0/s1. The largest absolute Gasteiger partial charge is 0.393 e. The van der Waals surface area contributed by atoms with Gasteiger partial charge in [0.15, 0.2) is 10.8 Å². The Morgan fingerprint density at radius 1 is 1.14 bits per heavy atom. The molecule has 0 radical (unpaired) electrons. The van der Waals surface area contributed by atoms with E-state index in [1.165, 1.54) is 29.5 Å². The quantitative estimate of drug-likeness (QED) is 0.325. The Morgan fingerprint density at radius 3 is 2.57 bits per heavy atom. The SMILES string of the molecule is O=S(=O)(NC1CC2=C(c3ccn(C(F)F)n3)[C@H](c3ccc(F)cc3Cl)N=C(c3nccs3)N2C1)NC1C2CCC1CC(O)C2. The second-order valence-electron chi connectivity index (χ2n) is 11.7. The minimum absolute atomic E-state index is 0.0827. The highest BCUT2D eigenvalue weighted by molar-refractivity contribution is 7.87. The van der Waals surface area contributed by atoms with Crippen LogP contribution in [0, 0.1) is 17.7 Å². The van der Waals surface area contributed by atoms with Crippen LogP contribution in [0.2, 0.25) is 5.02 Å². The van der Waals surface area contributed by atoms with E-state index in [0.717, 1.165) is 25.1 Å². The van der Waals surface area contributed by atoms with Crippen molar-refractivity contribution in [3.63, 3.8) is 0 Å². The Bertz CT molecular complexity index is 1720. The van der Waals surface area contributed by atoms with Gasteiger partial charge >= 0.3 is 6.55 Å². The summed E-state index contributed by atoms with van der Waals surface area (Å²) in [5, 5.41) is 16.7. The van der Waals surface area contributed by atoms with Crippen LogP contribution in [0.3, 0.4) is 0 Å². The third-order valence-electron chi connectivity index (χ3n) is 8.91. The lowest BCUT2D eigenvalue weighted by molar-refractivity contribution is 0.0564. The predicted octanol–water partition coefficient (Wildman–Crippen LogP) is 4.49. The molecule has 3 unspecified atom stereocenters. The zero-order valence-electron chi connectivity index (χ0n) is 23.2. The Balaban J connectivity index is 1.27. The van der Waals surface area contributed by atoms with Crippen molar-refractivity contribution in [1.82, 2.24) is 29.1 Å². The van der Waals surface area contributed by atoms with Gasteiger partial charge in [0.1, 0.15) is 11.9 Å². The highest BCUT2D eigenvalue weighted by atomic mass is 35.5. The molecular formula is C28H29ClF3N7O3S2. The maximum atomic E-state index is 14.1. The van der Waals surface area contributed by atoms with Crippen molar-refractivity contribution in [3.8, 4) is 0 Å². The second-order valence-corrected chi connectivity index (χ2v) is 14.5. The molecule has 4 aliphatic rings. The molecule has 16 heteroatoms. The summed E-state index contributed by atoms with van der Waals surface area (Å²) in [6.07, 6.45) is 5.47. The zero-order valence-corrected chi connectivity index (χ0v) is 25.5. The fraction of sp³-hybridized carbons (Fsp3) is 0.464. The number of nitrogens with zero attached hydrogens (tertiary/aromatic N) is 5. The number of fused-ring (bicyclic) bond motifs is 3. The molecule has 10 nitrogen and oxygen atoms in total. The summed E-state index contributed by atoms with van der Waals surface area (Å²) < 4.78 is 74.3. The van der Waals surface area contributed by atoms with Gasteiger partial charge in [-0.05, 0) is 55.7 Å². The van der Waals surface area contributed by atoms with E-state index >= 15 is 0 Å². The molecule has 1 saturated heterocycles. The third kappa shape index (κ3) is 5.58. The number of aliphatic hydroxyl groups is 1. The predicted molar refractivity (Wildman–Crippen MR) is 159 cm³/mol. The first-order valence-corrected chi connectivity index (χ1v) is 17.0. The number of aromatic nitrogens is 3. The number of benzene rings is 1. The molecule has 3 fully saturated rings. The normalized spacial score (nSPS) is 28.6. The summed E-state index contributed by atoms with van der Waals surface area (Å²) in [5.41, 5.74) is 1.75. The molecule has 2 aliphatic heterocycles. The number of nitrogens with one attached hydrogen (secondary N) is 2. The lowest BCUT2D eigenvalue weighted by Crippen LogP contribution is -2.52. The van der Waals surface area contributed by atoms with Crippen molar-refractivity contribution in [2.24, 2.45) is 16.8 Å². The van der Waals surface area contributed by atoms with Crippen molar-refractivity contribution in [2.75, 3.05) is 6.54 Å². The van der Waals surface area contributed by atoms with Crippen molar-refractivity contribution in [1.29, 1.82) is 0 Å². The lowest BCUT2D eigenvalue weighted by Gasteiger charge is -2.33. The molecule has 234 valence electrons. The minimum atomic E-state index is -3.95. The van der Waals surface area contributed by atoms with E-state index in [4.69, 9.17) is 16.6 Å². The summed E-state index contributed by atoms with van der Waals surface area (Å²) in [6, 6.07) is 3.66. The number of hydrogen-bond donors (Lipinski definition) is 3. The zero-order chi connectivity index (χ0) is 30.7. The van der Waals surface area contributed by atoms with Crippen LogP contribution in [-0.4, -0.2) is 63.8 Å². The average molecular weight is 668 g/mol. The highest BCUT2D eigenvalue weighted by Gasteiger charge is 2.46. The van der Waals surface area contributed by atoms with E-state index in [2.05, 4.69) is 19.5 Å². The fourth-order valence-electron chi connectivity index (χ4n) is 7.15. The molecule has 2 bridgehead atoms. The monoisotopic (exact) mass is 667 g/mol. The first-order chi connectivity index (χ1) is 21.1. The van der Waals surface area contributed by atoms with Gasteiger partial charge in [-0.1, -0.05) is 17.7 Å². The number of hydrogen-bond acceptors (Lipinski definition) is 8. The van der Waals surface area contributed by atoms with Crippen LogP contribution < -0.4 is 9.44 Å². The molecule has 0 spiro atoms. The summed E-state index contributed by atoms with van der Waals surface area (Å²) in [7, 11) is -3.95. The molecule has 0 amide bonds. The van der Waals surface area contributed by atoms with Crippen molar-refractivity contribution in [2.45, 2.75) is 62.9 Å². The smallest absolute Gasteiger partial charge is 0.333 e. The van der Waals surface area contributed by atoms with Gasteiger partial charge < -0.3 is 10.0 Å². The number of aliphatic imine (C=N–C) groups is 1. The van der Waals surface area contributed by atoms with Gasteiger partial charge in [-0.25, -0.2) is 14.1 Å². The van der Waals surface area contributed by atoms with Crippen LogP contribution in [0.5, 0.6) is 0 Å². The summed E-state index contributed by atoms with van der Waals surface area (Å²) in [4.78, 5) is 11.3. The Hall–Kier alpha value is -2.82. The Labute approximate surface area is 260 Å². The fourth-order valence-corrected chi connectivity index (χ4v) is 9.47. The van der Waals surface area contributed by atoms with Crippen molar-refractivity contribution < 1.29 is 26.7 Å². The van der Waals surface area contributed by atoms with E-state index in [0.29, 0.717) is 45.2 Å². The topological polar surface area (TPSA) is 125 Å². The molecule has 7 rings (SSSR count). The van der Waals surface area contributed by atoms with Crippen molar-refractivity contribution in [3.05, 3.63) is 74.8 Å². The highest BCUT2D eigenvalue weighted by Crippen LogP contribution is 2.47. The first kappa shape index (κ1) is 29.9. The lowest BCUT2D eigenvalue weighted by atomic mass is 9.83. The number of rotatable bonds is 8. The van der Waals surface area contributed by atoms with Crippen LogP contribution >= 0.6 is 22.9 Å². The second kappa shape index (κ2) is 11.5. The minimum Gasteiger partial charge on any atom is -0.393 e. The van der Waals surface area contributed by atoms with E-state index in [1.807, 2.05) is 4.90 Å². The van der Waals surface area contributed by atoms with Gasteiger partial charge in [-0.3, -0.25) is 4.99 Å². The summed E-state index contributed by atoms with van der Waals surface area (Å²) >= 11 is 7.86. The molecule has 4 atom stereocenters. The molecule has 3 N–H and O–H groups in total. The molecule has 3 aromatic rings. The van der Waals surface area contributed by atoms with E-state index < -0.39 is 40.8 Å². The first-order valence-electron chi connectivity index (χ1n) is 14.3. The molecule has 44 heavy (non-hydrogen) atoms. The van der Waals surface area contributed by atoms with Crippen LogP contribution in [-0.2, 0) is 10.2 Å². The molecular weight excluding hydrogens is 639 g/mol. The Morgan fingerprint density at radius 2 is 1.91 bits per heavy atom. The molecule has 1 aromatic carbocycles. The number of aliphatic hydroxyl groups excluding tert-OH is 1. The summed E-state index contributed by atoms with van der Waals surface area (Å²) in [5.74, 6) is 0.0883. The van der Waals surface area contributed by atoms with Crippen LogP contribution in [0.4, 0.5) is 13.2 Å². The summed E-state index contributed by atoms with van der Waals surface area (Å²) in [6.45, 7) is -2.67. The number of amidine groups is 1. The van der Waals surface area contributed by atoms with Crippen molar-refractivity contribution >= 4 is 44.6 Å². The molecule has 2 saturated carbocycles. The number of thiazole rings is 1. The van der Waals surface area contributed by atoms with E-state index in [1.54, 1.807) is 11.6 Å². The maximum Gasteiger partial charge on any atom is 0.333 e. The van der Waals surface area contributed by atoms with Gasteiger partial charge in [0.05, 0.1) is 11.8 Å². The molecule has 2 aliphatic carbocycles. The number of halogens is 4. The van der Waals surface area contributed by atoms with Gasteiger partial charge in [0.25, 0.3) is 10.2 Å². The maximum absolute atomic E-state index is 14.1.